The lowest BCUT2D eigenvalue weighted by Crippen LogP contribution is -2.72. The van der Waals surface area contributed by atoms with E-state index in [1.54, 1.807) is 19.9 Å². The minimum Gasteiger partial charge on any atom is -0.411 e. The van der Waals surface area contributed by atoms with E-state index in [1.165, 1.54) is 12.1 Å². The summed E-state index contributed by atoms with van der Waals surface area (Å²) < 4.78 is 35.1. The van der Waals surface area contributed by atoms with E-state index >= 15 is 0 Å². The fourth-order valence-electron chi connectivity index (χ4n) is 5.02. The third kappa shape index (κ3) is 6.27. The van der Waals surface area contributed by atoms with E-state index in [0.717, 1.165) is 5.56 Å². The number of ketones is 1. The van der Waals surface area contributed by atoms with Crippen LogP contribution in [0.15, 0.2) is 53.4 Å². The summed E-state index contributed by atoms with van der Waals surface area (Å²) >= 11 is 0. The maximum Gasteiger partial charge on any atom is 0.240 e. The number of sulfonamides is 1. The summed E-state index contributed by atoms with van der Waals surface area (Å²) in [5, 5.41) is 2.94. The highest BCUT2D eigenvalue weighted by molar-refractivity contribution is 7.89. The molecule has 1 heterocycles. The lowest BCUT2D eigenvalue weighted by Gasteiger charge is -2.55. The van der Waals surface area contributed by atoms with Crippen LogP contribution in [0.25, 0.3) is 0 Å². The highest BCUT2D eigenvalue weighted by Crippen LogP contribution is 2.46. The number of Topliss-reactive ketones (excluding diaryl/α,β-unsaturated/α-hetero) is 1. The van der Waals surface area contributed by atoms with Gasteiger partial charge in [0.05, 0.1) is 22.5 Å². The first-order chi connectivity index (χ1) is 17.6. The number of benzene rings is 2. The zero-order valence-electron chi connectivity index (χ0n) is 23.7. The van der Waals surface area contributed by atoms with Crippen molar-refractivity contribution in [3.63, 3.8) is 0 Å². The van der Waals surface area contributed by atoms with Gasteiger partial charge in [0.1, 0.15) is 0 Å². The zero-order chi connectivity index (χ0) is 28.5. The fraction of sp³-hybridized carbons (Fsp3) is 0.517. The van der Waals surface area contributed by atoms with Crippen molar-refractivity contribution in [2.75, 3.05) is 6.54 Å². The number of β-lactam (4-membered cyclic amide) rings is 1. The Labute approximate surface area is 229 Å². The van der Waals surface area contributed by atoms with Gasteiger partial charge in [0.15, 0.2) is 5.78 Å². The Morgan fingerprint density at radius 1 is 1.11 bits per heavy atom. The molecule has 38 heavy (non-hydrogen) atoms. The number of hydrogen-bond donors (Lipinski definition) is 2. The molecule has 1 radical (unpaired) electrons. The molecule has 1 aliphatic heterocycles. The summed E-state index contributed by atoms with van der Waals surface area (Å²) in [7, 11) is -4.93. The molecule has 1 aliphatic rings. The van der Waals surface area contributed by atoms with Crippen LogP contribution >= 0.6 is 0 Å². The van der Waals surface area contributed by atoms with Gasteiger partial charge in [-0.3, -0.25) is 9.59 Å². The molecule has 4 atom stereocenters. The van der Waals surface area contributed by atoms with Crippen LogP contribution < -0.4 is 10.0 Å². The van der Waals surface area contributed by atoms with E-state index in [2.05, 4.69) is 30.8 Å². The summed E-state index contributed by atoms with van der Waals surface area (Å²) in [4.78, 5) is 26.6. The monoisotopic (exact) mass is 557 g/mol. The summed E-state index contributed by atoms with van der Waals surface area (Å²) in [6.07, 6.45) is 0.560. The van der Waals surface area contributed by atoms with Crippen molar-refractivity contribution in [1.29, 1.82) is 0 Å². The number of aryl methyl sites for hydroxylation is 1. The van der Waals surface area contributed by atoms with E-state index in [9.17, 15) is 18.0 Å². The van der Waals surface area contributed by atoms with Crippen molar-refractivity contribution >= 4 is 30.8 Å². The molecule has 2 N–H and O–H groups in total. The quantitative estimate of drug-likeness (QED) is 0.240. The van der Waals surface area contributed by atoms with Gasteiger partial charge in [-0.1, -0.05) is 64.1 Å². The van der Waals surface area contributed by atoms with Crippen LogP contribution in [0.4, 0.5) is 0 Å². The molecular weight excluding hydrogens is 516 g/mol. The first kappa shape index (κ1) is 30.2. The third-order valence-electron chi connectivity index (χ3n) is 7.73. The highest BCUT2D eigenvalue weighted by Gasteiger charge is 2.59. The van der Waals surface area contributed by atoms with Crippen LogP contribution in [-0.4, -0.2) is 47.3 Å². The maximum absolute atomic E-state index is 13.7. The van der Waals surface area contributed by atoms with E-state index in [0.29, 0.717) is 17.5 Å². The fourth-order valence-corrected chi connectivity index (χ4v) is 7.36. The average molecular weight is 558 g/mol. The Morgan fingerprint density at radius 3 is 2.29 bits per heavy atom. The third-order valence-corrected chi connectivity index (χ3v) is 10.0. The Kier molecular flexibility index (Phi) is 9.08. The van der Waals surface area contributed by atoms with Crippen molar-refractivity contribution in [2.45, 2.75) is 77.6 Å². The lowest BCUT2D eigenvalue weighted by molar-refractivity contribution is -0.161. The topological polar surface area (TPSA) is 102 Å². The first-order valence-corrected chi connectivity index (χ1v) is 17.0. The molecule has 1 fully saturated rings. The zero-order valence-corrected chi connectivity index (χ0v) is 25.5. The second kappa shape index (κ2) is 11.4. The molecule has 2 aromatic rings. The van der Waals surface area contributed by atoms with Gasteiger partial charge in [-0.15, -0.1) is 0 Å². The van der Waals surface area contributed by atoms with Crippen LogP contribution in [0.5, 0.6) is 0 Å². The van der Waals surface area contributed by atoms with E-state index < -0.39 is 42.5 Å². The Bertz CT molecular complexity index is 1270. The number of hydrogen-bond acceptors (Lipinski definition) is 5. The standard InChI is InChI=1S/C29H41N2O5SSi/c1-19-14-15-22(37(34,35)30-17-16-21-12-10-9-11-13-21)18-23(19)26(32)20(2)25-24(27(33)31-25)29(6,28(3,4)5)36-38(7)8/h9-15,18,20,24-25,30H,16-17H2,1-8H3,(H,31,33)/t20-,24-,25-,29-/m1/s1. The highest BCUT2D eigenvalue weighted by atomic mass is 32.2. The van der Waals surface area contributed by atoms with Gasteiger partial charge in [-0.2, -0.15) is 0 Å². The predicted molar refractivity (Wildman–Crippen MR) is 152 cm³/mol. The van der Waals surface area contributed by atoms with Gasteiger partial charge in [0.2, 0.25) is 25.0 Å². The molecule has 1 saturated heterocycles. The molecular formula is C29H41N2O5SSi. The summed E-state index contributed by atoms with van der Waals surface area (Å²) in [5.74, 6) is -1.37. The molecule has 0 saturated carbocycles. The Balaban J connectivity index is 1.82. The van der Waals surface area contributed by atoms with Gasteiger partial charge >= 0.3 is 0 Å². The molecule has 0 aliphatic carbocycles. The number of carbonyl (C=O) groups excluding carboxylic acids is 2. The van der Waals surface area contributed by atoms with Crippen LogP contribution in [0.3, 0.4) is 0 Å². The lowest BCUT2D eigenvalue weighted by atomic mass is 9.62. The van der Waals surface area contributed by atoms with Gasteiger partial charge in [0.25, 0.3) is 0 Å². The SMILES string of the molecule is Cc1ccc(S(=O)(=O)NCCc2ccccc2)cc1C(=O)[C@H](C)[C@H]1NC(=O)[C@@H]1[C@@](C)(O[Si](C)C)C(C)(C)C. The Hall–Kier alpha value is -2.33. The molecule has 207 valence electrons. The smallest absolute Gasteiger partial charge is 0.240 e. The van der Waals surface area contributed by atoms with Crippen molar-refractivity contribution in [3.05, 3.63) is 65.2 Å². The largest absolute Gasteiger partial charge is 0.411 e. The number of nitrogens with one attached hydrogen (secondary N) is 2. The van der Waals surface area contributed by atoms with Crippen molar-refractivity contribution in [3.8, 4) is 0 Å². The summed E-state index contributed by atoms with van der Waals surface area (Å²) in [6.45, 7) is 16.0. The van der Waals surface area contributed by atoms with E-state index in [1.807, 2.05) is 50.3 Å². The van der Waals surface area contributed by atoms with Gasteiger partial charge in [-0.05, 0) is 62.0 Å². The summed E-state index contributed by atoms with van der Waals surface area (Å²) in [6, 6.07) is 13.9. The normalized spacial score (nSPS) is 20.4. The van der Waals surface area contributed by atoms with Crippen molar-refractivity contribution < 1.29 is 22.4 Å². The van der Waals surface area contributed by atoms with Crippen LogP contribution in [0.2, 0.25) is 13.1 Å². The maximum atomic E-state index is 13.7. The van der Waals surface area contributed by atoms with Gasteiger partial charge in [-0.25, -0.2) is 13.1 Å². The Morgan fingerprint density at radius 2 is 1.74 bits per heavy atom. The molecule has 0 bridgehead atoms. The minimum absolute atomic E-state index is 0.0491. The van der Waals surface area contributed by atoms with Gasteiger partial charge in [0, 0.05) is 18.0 Å². The second-order valence-electron chi connectivity index (χ2n) is 11.6. The molecule has 2 aromatic carbocycles. The average Bonchev–Trinajstić information content (AvgIpc) is 2.81. The molecule has 1 amide bonds. The predicted octanol–water partition coefficient (Wildman–Crippen LogP) is 4.52. The molecule has 3 rings (SSSR count). The van der Waals surface area contributed by atoms with Crippen LogP contribution in [0.1, 0.15) is 56.1 Å². The molecule has 0 unspecified atom stereocenters. The van der Waals surface area contributed by atoms with Crippen molar-refractivity contribution in [2.24, 2.45) is 17.3 Å². The second-order valence-corrected chi connectivity index (χ2v) is 15.4. The van der Waals surface area contributed by atoms with E-state index in [4.69, 9.17) is 4.43 Å². The summed E-state index contributed by atoms with van der Waals surface area (Å²) in [5.41, 5.74) is 0.974. The number of rotatable bonds is 11. The molecule has 9 heteroatoms. The number of amides is 1. The number of carbonyl (C=O) groups is 2. The molecule has 0 spiro atoms. The van der Waals surface area contributed by atoms with Crippen LogP contribution in [-0.2, 0) is 25.7 Å². The van der Waals surface area contributed by atoms with Crippen LogP contribution in [0, 0.1) is 24.2 Å². The van der Waals surface area contributed by atoms with Gasteiger partial charge < -0.3 is 9.74 Å². The minimum atomic E-state index is -3.80. The first-order valence-electron chi connectivity index (χ1n) is 13.1. The molecule has 0 aromatic heterocycles. The van der Waals surface area contributed by atoms with E-state index in [-0.39, 0.29) is 28.5 Å². The van der Waals surface area contributed by atoms with Crippen molar-refractivity contribution in [1.82, 2.24) is 10.0 Å². The molecule has 7 nitrogen and oxygen atoms in total.